The van der Waals surface area contributed by atoms with Crippen LogP contribution in [0.1, 0.15) is 27.6 Å². The van der Waals surface area contributed by atoms with Crippen LogP contribution in [0.3, 0.4) is 0 Å². The minimum absolute atomic E-state index is 0. The maximum absolute atomic E-state index is 10.5. The molecule has 0 aromatic rings. The quantitative estimate of drug-likeness (QED) is 0.541. The van der Waals surface area contributed by atoms with Crippen molar-refractivity contribution in [3.8, 4) is 0 Å². The van der Waals surface area contributed by atoms with Crippen LogP contribution in [0.15, 0.2) is 0 Å². The Balaban J connectivity index is 0.000000640. The molecule has 1 unspecified atom stereocenters. The molecule has 1 saturated heterocycles. The van der Waals surface area contributed by atoms with E-state index >= 15 is 0 Å². The van der Waals surface area contributed by atoms with Gasteiger partial charge in [0.05, 0.1) is 0 Å². The fourth-order valence-electron chi connectivity index (χ4n) is 0.984. The number of hydrogen-bond donors (Lipinski definition) is 1. The molecule has 1 atom stereocenters. The lowest BCUT2D eigenvalue weighted by Gasteiger charge is -2.02. The van der Waals surface area contributed by atoms with Crippen LogP contribution in [0.2, 0.25) is 0 Å². The van der Waals surface area contributed by atoms with Crippen LogP contribution in [0.4, 0.5) is 0 Å². The molecule has 0 saturated carbocycles. The molecule has 0 aliphatic carbocycles. The van der Waals surface area contributed by atoms with Crippen LogP contribution in [0.25, 0.3) is 0 Å². The van der Waals surface area contributed by atoms with E-state index in [1.165, 1.54) is 0 Å². The van der Waals surface area contributed by atoms with Gasteiger partial charge >= 0.3 is 0 Å². The van der Waals surface area contributed by atoms with Crippen molar-refractivity contribution in [2.24, 2.45) is 0 Å². The van der Waals surface area contributed by atoms with Crippen molar-refractivity contribution in [1.29, 1.82) is 0 Å². The summed E-state index contributed by atoms with van der Waals surface area (Å²) in [7, 11) is 0. The van der Waals surface area contributed by atoms with Gasteiger partial charge in [-0.15, -0.1) is 0 Å². The van der Waals surface area contributed by atoms with E-state index in [0.29, 0.717) is 6.04 Å². The zero-order valence-electron chi connectivity index (χ0n) is 5.11. The fraction of sp³-hybridized carbons (Fsp3) is 0.833. The molecule has 0 spiro atoms. The standard InChI is InChI=1S/C6H11NO.H2/c1-2-5-3-4-6(8)7-5;/h5H,2-4H2,1H3,(H,7,8);1H. The van der Waals surface area contributed by atoms with Crippen LogP contribution in [0.5, 0.6) is 0 Å². The summed E-state index contributed by atoms with van der Waals surface area (Å²) in [4.78, 5) is 10.5. The molecule has 1 rings (SSSR count). The van der Waals surface area contributed by atoms with E-state index in [1.54, 1.807) is 0 Å². The van der Waals surface area contributed by atoms with Gasteiger partial charge < -0.3 is 5.32 Å². The van der Waals surface area contributed by atoms with Crippen LogP contribution >= 0.6 is 0 Å². The van der Waals surface area contributed by atoms with Gasteiger partial charge in [-0.05, 0) is 12.8 Å². The van der Waals surface area contributed by atoms with Gasteiger partial charge in [0.2, 0.25) is 5.91 Å². The van der Waals surface area contributed by atoms with E-state index in [-0.39, 0.29) is 7.33 Å². The summed E-state index contributed by atoms with van der Waals surface area (Å²) >= 11 is 0. The molecular weight excluding hydrogens is 102 g/mol. The van der Waals surface area contributed by atoms with Crippen LogP contribution in [0, 0.1) is 0 Å². The molecule has 1 amide bonds. The van der Waals surface area contributed by atoms with Crippen LogP contribution in [-0.4, -0.2) is 11.9 Å². The van der Waals surface area contributed by atoms with Crippen molar-refractivity contribution in [3.05, 3.63) is 0 Å². The van der Waals surface area contributed by atoms with Gasteiger partial charge in [-0.3, -0.25) is 4.79 Å². The van der Waals surface area contributed by atoms with Gasteiger partial charge in [-0.1, -0.05) is 6.92 Å². The average Bonchev–Trinajstić information content (AvgIpc) is 2.14. The van der Waals surface area contributed by atoms with E-state index in [4.69, 9.17) is 0 Å². The molecule has 1 N–H and O–H groups in total. The van der Waals surface area contributed by atoms with Crippen molar-refractivity contribution in [1.82, 2.24) is 5.32 Å². The third-order valence-corrected chi connectivity index (χ3v) is 1.58. The molecule has 2 nitrogen and oxygen atoms in total. The predicted molar refractivity (Wildman–Crippen MR) is 33.6 cm³/mol. The van der Waals surface area contributed by atoms with E-state index in [9.17, 15) is 4.79 Å². The molecule has 1 aliphatic heterocycles. The average molecular weight is 115 g/mol. The molecule has 1 fully saturated rings. The third-order valence-electron chi connectivity index (χ3n) is 1.58. The summed E-state index contributed by atoms with van der Waals surface area (Å²) in [6, 6.07) is 0.475. The number of carbonyl (C=O) groups excluding carboxylic acids is 1. The van der Waals surface area contributed by atoms with E-state index in [2.05, 4.69) is 12.2 Å². The van der Waals surface area contributed by atoms with Crippen molar-refractivity contribution in [3.63, 3.8) is 0 Å². The van der Waals surface area contributed by atoms with E-state index in [1.807, 2.05) is 0 Å². The van der Waals surface area contributed by atoms with Gasteiger partial charge in [0.1, 0.15) is 0 Å². The molecule has 1 heterocycles. The highest BCUT2D eigenvalue weighted by Gasteiger charge is 2.17. The van der Waals surface area contributed by atoms with Gasteiger partial charge in [0.25, 0.3) is 0 Å². The highest BCUT2D eigenvalue weighted by atomic mass is 16.1. The lowest BCUT2D eigenvalue weighted by molar-refractivity contribution is -0.119. The van der Waals surface area contributed by atoms with Crippen LogP contribution < -0.4 is 5.32 Å². The lowest BCUT2D eigenvalue weighted by atomic mass is 10.2. The van der Waals surface area contributed by atoms with Gasteiger partial charge in [-0.2, -0.15) is 0 Å². The smallest absolute Gasteiger partial charge is 0.220 e. The molecule has 8 heavy (non-hydrogen) atoms. The normalized spacial score (nSPS) is 28.1. The molecular formula is C6H13NO. The van der Waals surface area contributed by atoms with Crippen LogP contribution in [-0.2, 0) is 4.79 Å². The van der Waals surface area contributed by atoms with E-state index in [0.717, 1.165) is 19.3 Å². The van der Waals surface area contributed by atoms with Gasteiger partial charge in [0, 0.05) is 13.9 Å². The Bertz CT molecular complexity index is 105. The van der Waals surface area contributed by atoms with Crippen molar-refractivity contribution < 1.29 is 6.22 Å². The third kappa shape index (κ3) is 0.997. The highest BCUT2D eigenvalue weighted by Crippen LogP contribution is 2.08. The second kappa shape index (κ2) is 2.16. The Morgan fingerprint density at radius 2 is 2.75 bits per heavy atom. The zero-order valence-corrected chi connectivity index (χ0v) is 5.11. The maximum Gasteiger partial charge on any atom is 0.220 e. The molecule has 48 valence electrons. The minimum atomic E-state index is 0. The number of nitrogens with one attached hydrogen (secondary N) is 1. The Hall–Kier alpha value is -0.530. The molecule has 0 aromatic carbocycles. The SMILES string of the molecule is CCC1CCC(=O)N1.[HH]. The fourth-order valence-corrected chi connectivity index (χ4v) is 0.984. The first-order valence-corrected chi connectivity index (χ1v) is 3.12. The topological polar surface area (TPSA) is 29.1 Å². The summed E-state index contributed by atoms with van der Waals surface area (Å²) in [6.07, 6.45) is 2.85. The number of carbonyl (C=O) groups is 1. The Morgan fingerprint density at radius 3 is 3.00 bits per heavy atom. The Morgan fingerprint density at radius 1 is 2.00 bits per heavy atom. The van der Waals surface area contributed by atoms with Crippen molar-refractivity contribution in [2.45, 2.75) is 32.2 Å². The number of rotatable bonds is 1. The second-order valence-electron chi connectivity index (χ2n) is 2.21. The van der Waals surface area contributed by atoms with Crippen molar-refractivity contribution in [2.75, 3.05) is 0 Å². The Labute approximate surface area is 50.8 Å². The first-order valence-electron chi connectivity index (χ1n) is 3.12. The van der Waals surface area contributed by atoms with Gasteiger partial charge in [-0.25, -0.2) is 0 Å². The number of amides is 1. The first-order chi connectivity index (χ1) is 3.83. The minimum Gasteiger partial charge on any atom is -0.353 e. The zero-order chi connectivity index (χ0) is 5.98. The number of hydrogen-bond acceptors (Lipinski definition) is 1. The van der Waals surface area contributed by atoms with E-state index < -0.39 is 0 Å². The lowest BCUT2D eigenvalue weighted by Crippen LogP contribution is -2.23. The Kier molecular flexibility index (Phi) is 1.51. The highest BCUT2D eigenvalue weighted by molar-refractivity contribution is 5.78. The predicted octanol–water partition coefficient (Wildman–Crippen LogP) is 0.921. The van der Waals surface area contributed by atoms with Crippen molar-refractivity contribution >= 4 is 5.91 Å². The largest absolute Gasteiger partial charge is 0.353 e. The molecule has 0 radical (unpaired) electrons. The molecule has 0 aromatic heterocycles. The summed E-state index contributed by atoms with van der Waals surface area (Å²) < 4.78 is 0. The molecule has 0 bridgehead atoms. The second-order valence-corrected chi connectivity index (χ2v) is 2.21. The summed E-state index contributed by atoms with van der Waals surface area (Å²) in [6.45, 7) is 2.09. The summed E-state index contributed by atoms with van der Waals surface area (Å²) in [5.74, 6) is 0.219. The molecule has 2 heteroatoms. The molecule has 1 aliphatic rings. The van der Waals surface area contributed by atoms with Gasteiger partial charge in [0.15, 0.2) is 0 Å². The first kappa shape index (κ1) is 5.60. The summed E-state index contributed by atoms with van der Waals surface area (Å²) in [5.41, 5.74) is 0. The summed E-state index contributed by atoms with van der Waals surface area (Å²) in [5, 5.41) is 2.86. The maximum atomic E-state index is 10.5. The monoisotopic (exact) mass is 115 g/mol.